The number of amides is 1. The number of carbonyl (C=O) groups is 1. The van der Waals surface area contributed by atoms with Crippen molar-refractivity contribution in [2.45, 2.75) is 231 Å². The van der Waals surface area contributed by atoms with E-state index < -0.39 is 38.6 Å². The zero-order valence-corrected chi connectivity index (χ0v) is 37.1. The molecule has 0 aromatic heterocycles. The Bertz CT molecular complexity index is 993. The van der Waals surface area contributed by atoms with Crippen LogP contribution in [-0.4, -0.2) is 59.0 Å². The summed E-state index contributed by atoms with van der Waals surface area (Å²) in [7, 11) is -4.41. The number of aliphatic hydroxyl groups is 2. The maximum Gasteiger partial charge on any atom is 0.472 e. The van der Waals surface area contributed by atoms with Gasteiger partial charge >= 0.3 is 7.82 Å². The van der Waals surface area contributed by atoms with E-state index >= 15 is 0 Å². The molecule has 10 heteroatoms. The lowest BCUT2D eigenvalue weighted by Crippen LogP contribution is -2.46. The Hall–Kier alpha value is -1.32. The van der Waals surface area contributed by atoms with Crippen molar-refractivity contribution >= 4 is 13.7 Å². The molecule has 9 nitrogen and oxygen atoms in total. The van der Waals surface area contributed by atoms with E-state index in [-0.39, 0.29) is 19.6 Å². The molecule has 0 aromatic rings. The van der Waals surface area contributed by atoms with Crippen LogP contribution in [0.5, 0.6) is 0 Å². The van der Waals surface area contributed by atoms with Crippen LogP contribution in [0.2, 0.25) is 0 Å². The summed E-state index contributed by atoms with van der Waals surface area (Å²) in [5, 5.41) is 24.1. The minimum absolute atomic E-state index is 0.0435. The maximum atomic E-state index is 12.8. The van der Waals surface area contributed by atoms with Crippen molar-refractivity contribution in [3.05, 3.63) is 36.5 Å². The summed E-state index contributed by atoms with van der Waals surface area (Å²) in [6, 6.07) is -1.00. The third-order valence-corrected chi connectivity index (χ3v) is 11.2. The molecule has 56 heavy (non-hydrogen) atoms. The summed E-state index contributed by atoms with van der Waals surface area (Å²) in [6.45, 7) is 3.95. The first kappa shape index (κ1) is 54.7. The second-order valence-electron chi connectivity index (χ2n) is 15.8. The highest BCUT2D eigenvalue weighted by molar-refractivity contribution is 7.47. The van der Waals surface area contributed by atoms with Crippen LogP contribution in [0, 0.1) is 0 Å². The van der Waals surface area contributed by atoms with Crippen LogP contribution in [0.4, 0.5) is 0 Å². The van der Waals surface area contributed by atoms with E-state index in [0.717, 1.165) is 44.9 Å². The molecule has 4 unspecified atom stereocenters. The fourth-order valence-electron chi connectivity index (χ4n) is 6.72. The van der Waals surface area contributed by atoms with Crippen LogP contribution in [0.3, 0.4) is 0 Å². The number of unbranched alkanes of at least 4 members (excludes halogenated alkanes) is 25. The average Bonchev–Trinajstić information content (AvgIpc) is 3.17. The van der Waals surface area contributed by atoms with Gasteiger partial charge in [0.05, 0.1) is 37.9 Å². The standard InChI is InChI=1S/C46H89N2O7P/c1-3-5-7-9-11-13-15-17-19-21-23-25-27-29-31-33-35-37-43(49)41-46(51)48-44(42-55-56(52,53)54-40-39-47)45(50)38-36-34-32-30-28-26-24-22-20-18-16-14-12-10-8-6-4-2/h21,23,28,30,36,38,43-45,49-50H,3-20,22,24-27,29,31-35,37,39-42,47H2,1-2H3,(H,48,51)(H,52,53)/b23-21-,30-28+,38-36+. The van der Waals surface area contributed by atoms with Crippen molar-refractivity contribution in [3.63, 3.8) is 0 Å². The molecule has 0 rings (SSSR count). The van der Waals surface area contributed by atoms with Crippen LogP contribution in [0.1, 0.15) is 213 Å². The number of allylic oxidation sites excluding steroid dienone is 5. The fraction of sp³-hybridized carbons (Fsp3) is 0.848. The maximum absolute atomic E-state index is 12.8. The first-order valence-corrected chi connectivity index (χ1v) is 24.7. The topological polar surface area (TPSA) is 151 Å². The van der Waals surface area contributed by atoms with Gasteiger partial charge in [-0.15, -0.1) is 0 Å². The summed E-state index contributed by atoms with van der Waals surface area (Å²) in [5.74, 6) is -0.460. The molecular weight excluding hydrogens is 723 g/mol. The van der Waals surface area contributed by atoms with E-state index in [0.29, 0.717) is 12.8 Å². The third kappa shape index (κ3) is 39.5. The molecule has 0 radical (unpaired) electrons. The molecule has 330 valence electrons. The number of hydrogen-bond acceptors (Lipinski definition) is 7. The number of aliphatic hydroxyl groups excluding tert-OH is 2. The molecule has 0 spiro atoms. The van der Waals surface area contributed by atoms with Gasteiger partial charge in [0.15, 0.2) is 0 Å². The minimum atomic E-state index is -4.41. The van der Waals surface area contributed by atoms with Crippen LogP contribution >= 0.6 is 7.82 Å². The minimum Gasteiger partial charge on any atom is -0.393 e. The van der Waals surface area contributed by atoms with Crippen molar-refractivity contribution in [1.29, 1.82) is 0 Å². The Morgan fingerprint density at radius 3 is 1.48 bits per heavy atom. The lowest BCUT2D eigenvalue weighted by molar-refractivity contribution is -0.124. The van der Waals surface area contributed by atoms with Crippen molar-refractivity contribution in [2.75, 3.05) is 19.8 Å². The van der Waals surface area contributed by atoms with Crippen molar-refractivity contribution in [3.8, 4) is 0 Å². The van der Waals surface area contributed by atoms with E-state index in [1.165, 1.54) is 135 Å². The predicted octanol–water partition coefficient (Wildman–Crippen LogP) is 12.1. The van der Waals surface area contributed by atoms with E-state index in [4.69, 9.17) is 14.8 Å². The number of phosphoric ester groups is 1. The summed E-state index contributed by atoms with van der Waals surface area (Å²) >= 11 is 0. The molecular formula is C46H89N2O7P. The molecule has 0 aliphatic heterocycles. The number of nitrogens with one attached hydrogen (secondary N) is 1. The number of phosphoric acid groups is 1. The van der Waals surface area contributed by atoms with Gasteiger partial charge in [-0.3, -0.25) is 13.8 Å². The molecule has 4 atom stereocenters. The SMILES string of the molecule is CCCCCCCCCC/C=C\CCCCCCCC(O)CC(=O)NC(COP(=O)(O)OCCN)C(O)/C=C/CC/C=C/CCCCCCCCCCCCC. The van der Waals surface area contributed by atoms with Crippen molar-refractivity contribution in [1.82, 2.24) is 5.32 Å². The number of hydrogen-bond donors (Lipinski definition) is 5. The zero-order chi connectivity index (χ0) is 41.2. The van der Waals surface area contributed by atoms with Gasteiger partial charge in [0, 0.05) is 6.54 Å². The summed E-state index contributed by atoms with van der Waals surface area (Å²) in [5.41, 5.74) is 5.37. The van der Waals surface area contributed by atoms with E-state index in [1.807, 2.05) is 6.08 Å². The summed E-state index contributed by atoms with van der Waals surface area (Å²) in [6.07, 6.45) is 46.6. The highest BCUT2D eigenvalue weighted by atomic mass is 31.2. The summed E-state index contributed by atoms with van der Waals surface area (Å²) < 4.78 is 22.1. The van der Waals surface area contributed by atoms with E-state index in [2.05, 4.69) is 43.5 Å². The first-order chi connectivity index (χ1) is 27.3. The van der Waals surface area contributed by atoms with Gasteiger partial charge in [-0.2, -0.15) is 0 Å². The molecule has 6 N–H and O–H groups in total. The molecule has 0 fully saturated rings. The predicted molar refractivity (Wildman–Crippen MR) is 237 cm³/mol. The van der Waals surface area contributed by atoms with Gasteiger partial charge in [-0.05, 0) is 57.8 Å². The van der Waals surface area contributed by atoms with Crippen LogP contribution < -0.4 is 11.1 Å². The van der Waals surface area contributed by atoms with Crippen molar-refractivity contribution in [2.24, 2.45) is 5.73 Å². The van der Waals surface area contributed by atoms with Crippen molar-refractivity contribution < 1.29 is 33.5 Å². The molecule has 0 saturated carbocycles. The Morgan fingerprint density at radius 2 is 1.02 bits per heavy atom. The molecule has 0 aliphatic rings. The average molecular weight is 813 g/mol. The highest BCUT2D eigenvalue weighted by Gasteiger charge is 2.27. The number of rotatable bonds is 43. The van der Waals surface area contributed by atoms with Gasteiger partial charge in [-0.1, -0.05) is 185 Å². The third-order valence-electron chi connectivity index (χ3n) is 10.2. The van der Waals surface area contributed by atoms with Crippen LogP contribution in [0.25, 0.3) is 0 Å². The fourth-order valence-corrected chi connectivity index (χ4v) is 7.48. The smallest absolute Gasteiger partial charge is 0.393 e. The first-order valence-electron chi connectivity index (χ1n) is 23.2. The molecule has 0 aromatic carbocycles. The highest BCUT2D eigenvalue weighted by Crippen LogP contribution is 2.43. The number of nitrogens with two attached hydrogens (primary N) is 1. The second-order valence-corrected chi connectivity index (χ2v) is 17.2. The molecule has 1 amide bonds. The molecule has 0 aliphatic carbocycles. The number of carbonyl (C=O) groups excluding carboxylic acids is 1. The van der Waals surface area contributed by atoms with Gasteiger partial charge in [0.25, 0.3) is 0 Å². The molecule has 0 saturated heterocycles. The molecule has 0 heterocycles. The largest absolute Gasteiger partial charge is 0.472 e. The lowest BCUT2D eigenvalue weighted by Gasteiger charge is -2.24. The quantitative estimate of drug-likeness (QED) is 0.0232. The Morgan fingerprint density at radius 1 is 0.607 bits per heavy atom. The van der Waals surface area contributed by atoms with Gasteiger partial charge in [-0.25, -0.2) is 4.57 Å². The van der Waals surface area contributed by atoms with Crippen LogP contribution in [-0.2, 0) is 18.4 Å². The normalized spacial score (nSPS) is 14.9. The van der Waals surface area contributed by atoms with Gasteiger partial charge < -0.3 is 26.2 Å². The van der Waals surface area contributed by atoms with Crippen LogP contribution in [0.15, 0.2) is 36.5 Å². The monoisotopic (exact) mass is 813 g/mol. The molecule has 0 bridgehead atoms. The van der Waals surface area contributed by atoms with E-state index in [9.17, 15) is 24.5 Å². The summed E-state index contributed by atoms with van der Waals surface area (Å²) in [4.78, 5) is 22.8. The Kier molecular flexibility index (Phi) is 40.8. The van der Waals surface area contributed by atoms with Gasteiger partial charge in [0.2, 0.25) is 5.91 Å². The lowest BCUT2D eigenvalue weighted by atomic mass is 10.0. The Labute approximate surface area is 344 Å². The zero-order valence-electron chi connectivity index (χ0n) is 36.2. The van der Waals surface area contributed by atoms with Gasteiger partial charge in [0.1, 0.15) is 0 Å². The Balaban J connectivity index is 4.34. The second kappa shape index (κ2) is 41.8. The van der Waals surface area contributed by atoms with E-state index in [1.54, 1.807) is 6.08 Å².